The van der Waals surface area contributed by atoms with Gasteiger partial charge in [0.2, 0.25) is 0 Å². The molecule has 2 rings (SSSR count). The average Bonchev–Trinajstić information content (AvgIpc) is 2.39. The fraction of sp³-hybridized carbons (Fsp3) is 0.267. The summed E-state index contributed by atoms with van der Waals surface area (Å²) in [5, 5.41) is 4.45. The summed E-state index contributed by atoms with van der Waals surface area (Å²) < 4.78 is 0.403. The summed E-state index contributed by atoms with van der Waals surface area (Å²) in [6.45, 7) is 4.26. The molecule has 0 amide bonds. The molecule has 0 heterocycles. The van der Waals surface area contributed by atoms with Gasteiger partial charge in [0.05, 0.1) is 0 Å². The Morgan fingerprint density at radius 2 is 1.65 bits per heavy atom. The summed E-state index contributed by atoms with van der Waals surface area (Å²) in [7, 11) is 0. The van der Waals surface area contributed by atoms with Gasteiger partial charge in [0.1, 0.15) is 0 Å². The van der Waals surface area contributed by atoms with Crippen LogP contribution in [-0.2, 0) is 0 Å². The Balaban J connectivity index is 2.39. The van der Waals surface area contributed by atoms with E-state index in [9.17, 15) is 4.79 Å². The Hall–Kier alpha value is -1.11. The molecule has 2 heteroatoms. The van der Waals surface area contributed by atoms with E-state index in [-0.39, 0.29) is 0 Å². The predicted octanol–water partition coefficient (Wildman–Crippen LogP) is 4.10. The van der Waals surface area contributed by atoms with Crippen molar-refractivity contribution in [1.82, 2.24) is 0 Å². The Bertz CT molecular complexity index is 529. The molecule has 0 aliphatic heterocycles. The molecule has 0 aromatic heterocycles. The molecule has 0 N–H and O–H groups in total. The first-order valence-corrected chi connectivity index (χ1v) is 9.24. The summed E-state index contributed by atoms with van der Waals surface area (Å²) in [4.78, 5) is 12.3. The molecule has 0 saturated carbocycles. The van der Waals surface area contributed by atoms with Gasteiger partial charge >= 0.3 is 107 Å². The number of rotatable bonds is 4. The zero-order valence-corrected chi connectivity index (χ0v) is 12.0. The minimum absolute atomic E-state index is 0.403. The molecule has 0 radical (unpaired) electrons. The fourth-order valence-electron chi connectivity index (χ4n) is 1.95. The molecule has 17 heavy (non-hydrogen) atoms. The number of hydrogen-bond donors (Lipinski definition) is 0. The minimum atomic E-state index is -1.09. The SMILES string of the molecule is CC[Se+](CC)C(=O)c1ccc2ccccc2c1. The molecule has 88 valence electrons. The standard InChI is InChI=1S/C15H17OSe/c1-3-17(4-2)15(16)14-10-9-12-7-5-6-8-13(12)11-14/h5-11H,3-4H2,1-2H3/q+1. The zero-order valence-electron chi connectivity index (χ0n) is 10.3. The van der Waals surface area contributed by atoms with E-state index in [0.29, 0.717) is 4.68 Å². The van der Waals surface area contributed by atoms with Gasteiger partial charge in [-0.3, -0.25) is 0 Å². The second-order valence-corrected chi connectivity index (χ2v) is 9.19. The van der Waals surface area contributed by atoms with Crippen molar-refractivity contribution in [3.63, 3.8) is 0 Å². The predicted molar refractivity (Wildman–Crippen MR) is 75.0 cm³/mol. The number of hydrogen-bond acceptors (Lipinski definition) is 1. The van der Waals surface area contributed by atoms with Gasteiger partial charge in [-0.2, -0.15) is 0 Å². The molecule has 2 aromatic carbocycles. The van der Waals surface area contributed by atoms with E-state index in [1.807, 2.05) is 24.3 Å². The van der Waals surface area contributed by atoms with Gasteiger partial charge in [-0.1, -0.05) is 0 Å². The molecule has 0 bridgehead atoms. The van der Waals surface area contributed by atoms with E-state index >= 15 is 0 Å². The third kappa shape index (κ3) is 2.59. The number of carbonyl (C=O) groups is 1. The van der Waals surface area contributed by atoms with Crippen LogP contribution in [0, 0.1) is 0 Å². The molecule has 0 fully saturated rings. The number of carbonyl (C=O) groups excluding carboxylic acids is 1. The van der Waals surface area contributed by atoms with Crippen LogP contribution in [0.1, 0.15) is 24.2 Å². The van der Waals surface area contributed by atoms with E-state index < -0.39 is 13.9 Å². The van der Waals surface area contributed by atoms with Crippen molar-refractivity contribution in [3.05, 3.63) is 48.0 Å². The van der Waals surface area contributed by atoms with Gasteiger partial charge in [0.15, 0.2) is 0 Å². The molecule has 0 spiro atoms. The summed E-state index contributed by atoms with van der Waals surface area (Å²) in [6, 6.07) is 14.3. The summed E-state index contributed by atoms with van der Waals surface area (Å²) in [5.41, 5.74) is 0.900. The van der Waals surface area contributed by atoms with Gasteiger partial charge in [0.25, 0.3) is 0 Å². The normalized spacial score (nSPS) is 11.0. The second kappa shape index (κ2) is 5.48. The van der Waals surface area contributed by atoms with Crippen molar-refractivity contribution in [2.24, 2.45) is 0 Å². The Kier molecular flexibility index (Phi) is 3.98. The Labute approximate surface area is 107 Å². The molecule has 0 saturated heterocycles. The van der Waals surface area contributed by atoms with Crippen LogP contribution in [-0.4, -0.2) is 18.6 Å². The fourth-order valence-corrected chi connectivity index (χ4v) is 4.87. The van der Waals surface area contributed by atoms with Gasteiger partial charge in [-0.25, -0.2) is 0 Å². The monoisotopic (exact) mass is 293 g/mol. The van der Waals surface area contributed by atoms with Gasteiger partial charge in [-0.15, -0.1) is 0 Å². The van der Waals surface area contributed by atoms with Crippen LogP contribution in [0.5, 0.6) is 0 Å². The van der Waals surface area contributed by atoms with Crippen molar-refractivity contribution in [2.75, 3.05) is 0 Å². The first-order valence-electron chi connectivity index (χ1n) is 5.97. The van der Waals surface area contributed by atoms with Crippen LogP contribution in [0.2, 0.25) is 10.6 Å². The van der Waals surface area contributed by atoms with Crippen LogP contribution >= 0.6 is 0 Å². The molecule has 1 nitrogen and oxygen atoms in total. The average molecular weight is 292 g/mol. The third-order valence-corrected chi connectivity index (χ3v) is 7.46. The van der Waals surface area contributed by atoms with Crippen LogP contribution in [0.15, 0.2) is 42.5 Å². The van der Waals surface area contributed by atoms with Crippen molar-refractivity contribution < 1.29 is 4.79 Å². The van der Waals surface area contributed by atoms with E-state index in [1.54, 1.807) is 0 Å². The molecular formula is C15H17OSe+. The molecule has 0 aliphatic rings. The molecule has 0 unspecified atom stereocenters. The first-order chi connectivity index (χ1) is 8.26. The number of fused-ring (bicyclic) bond motifs is 1. The second-order valence-electron chi connectivity index (χ2n) is 3.92. The van der Waals surface area contributed by atoms with Crippen LogP contribution in [0.25, 0.3) is 10.8 Å². The van der Waals surface area contributed by atoms with E-state index in [0.717, 1.165) is 21.6 Å². The summed E-state index contributed by atoms with van der Waals surface area (Å²) in [5.74, 6) is 0. The molecule has 2 aromatic rings. The van der Waals surface area contributed by atoms with Crippen molar-refractivity contribution in [1.29, 1.82) is 0 Å². The zero-order chi connectivity index (χ0) is 12.3. The quantitative estimate of drug-likeness (QED) is 0.775. The van der Waals surface area contributed by atoms with Crippen molar-refractivity contribution >= 4 is 29.4 Å². The van der Waals surface area contributed by atoms with Crippen molar-refractivity contribution in [3.8, 4) is 0 Å². The molecule has 0 aliphatic carbocycles. The van der Waals surface area contributed by atoms with Gasteiger partial charge < -0.3 is 0 Å². The van der Waals surface area contributed by atoms with E-state index in [1.165, 1.54) is 5.39 Å². The maximum atomic E-state index is 12.3. The number of benzene rings is 2. The third-order valence-electron chi connectivity index (χ3n) is 2.94. The van der Waals surface area contributed by atoms with Crippen LogP contribution in [0.3, 0.4) is 0 Å². The molecule has 0 atom stereocenters. The van der Waals surface area contributed by atoms with E-state index in [2.05, 4.69) is 32.0 Å². The van der Waals surface area contributed by atoms with Gasteiger partial charge in [-0.05, 0) is 0 Å². The van der Waals surface area contributed by atoms with E-state index in [4.69, 9.17) is 0 Å². The topological polar surface area (TPSA) is 17.1 Å². The summed E-state index contributed by atoms with van der Waals surface area (Å²) in [6.07, 6.45) is 0. The Morgan fingerprint density at radius 1 is 1.00 bits per heavy atom. The molecular weight excluding hydrogens is 275 g/mol. The maximum absolute atomic E-state index is 12.3. The van der Waals surface area contributed by atoms with Crippen molar-refractivity contribution in [2.45, 2.75) is 24.5 Å². The van der Waals surface area contributed by atoms with Crippen LogP contribution < -0.4 is 0 Å². The van der Waals surface area contributed by atoms with Gasteiger partial charge in [0, 0.05) is 0 Å². The first kappa shape index (κ1) is 12.3. The van der Waals surface area contributed by atoms with Crippen LogP contribution in [0.4, 0.5) is 0 Å². The Morgan fingerprint density at radius 3 is 2.29 bits per heavy atom. The summed E-state index contributed by atoms with van der Waals surface area (Å²) >= 11 is -1.09.